The van der Waals surface area contributed by atoms with Gasteiger partial charge in [-0.1, -0.05) is 26.7 Å². The van der Waals surface area contributed by atoms with Gasteiger partial charge in [-0.3, -0.25) is 4.79 Å². The predicted octanol–water partition coefficient (Wildman–Crippen LogP) is 3.33. The van der Waals surface area contributed by atoms with Gasteiger partial charge in [0.2, 0.25) is 0 Å². The number of carbonyl (C=O) groups excluding carboxylic acids is 1. The molecule has 5 nitrogen and oxygen atoms in total. The van der Waals surface area contributed by atoms with Crippen molar-refractivity contribution in [2.75, 3.05) is 19.7 Å². The van der Waals surface area contributed by atoms with Crippen molar-refractivity contribution in [2.45, 2.75) is 65.3 Å². The summed E-state index contributed by atoms with van der Waals surface area (Å²) in [6, 6.07) is 5.41. The van der Waals surface area contributed by atoms with Crippen LogP contribution in [0.15, 0.2) is 18.2 Å². The van der Waals surface area contributed by atoms with Gasteiger partial charge < -0.3 is 19.9 Å². The van der Waals surface area contributed by atoms with Crippen molar-refractivity contribution in [3.05, 3.63) is 29.3 Å². The third kappa shape index (κ3) is 7.06. The van der Waals surface area contributed by atoms with Gasteiger partial charge in [-0.05, 0) is 50.4 Å². The second kappa shape index (κ2) is 10.7. The maximum Gasteiger partial charge on any atom is 0.159 e. The van der Waals surface area contributed by atoms with Crippen LogP contribution in [0.1, 0.15) is 62.4 Å². The van der Waals surface area contributed by atoms with Crippen LogP contribution in [-0.4, -0.2) is 42.8 Å². The Morgan fingerprint density at radius 1 is 1.27 bits per heavy atom. The fourth-order valence-corrected chi connectivity index (χ4v) is 3.10. The second-order valence-electron chi connectivity index (χ2n) is 7.61. The van der Waals surface area contributed by atoms with Gasteiger partial charge in [0.15, 0.2) is 5.78 Å². The molecule has 0 aliphatic heterocycles. The summed E-state index contributed by atoms with van der Waals surface area (Å²) in [6.45, 7) is 7.82. The molecule has 0 bridgehead atoms. The number of aliphatic hydroxyl groups is 1. The molecule has 1 aliphatic rings. The van der Waals surface area contributed by atoms with Crippen molar-refractivity contribution >= 4 is 5.78 Å². The Morgan fingerprint density at radius 2 is 2.00 bits per heavy atom. The lowest BCUT2D eigenvalue weighted by molar-refractivity contribution is 0.0430. The van der Waals surface area contributed by atoms with E-state index in [4.69, 9.17) is 9.47 Å². The van der Waals surface area contributed by atoms with Crippen LogP contribution >= 0.6 is 0 Å². The van der Waals surface area contributed by atoms with Crippen LogP contribution in [0.2, 0.25) is 0 Å². The Hall–Kier alpha value is -1.43. The second-order valence-corrected chi connectivity index (χ2v) is 7.61. The van der Waals surface area contributed by atoms with Crippen LogP contribution < -0.4 is 10.1 Å². The van der Waals surface area contributed by atoms with E-state index in [9.17, 15) is 9.90 Å². The first-order valence-corrected chi connectivity index (χ1v) is 9.72. The summed E-state index contributed by atoms with van der Waals surface area (Å²) < 4.78 is 11.8. The number of ketones is 1. The van der Waals surface area contributed by atoms with Gasteiger partial charge in [0.05, 0.1) is 12.7 Å². The maximum absolute atomic E-state index is 11.7. The molecule has 1 aromatic rings. The summed E-state index contributed by atoms with van der Waals surface area (Å²) >= 11 is 0. The van der Waals surface area contributed by atoms with Gasteiger partial charge in [0, 0.05) is 17.7 Å². The molecule has 5 heteroatoms. The molecule has 2 rings (SSSR count). The molecule has 146 valence electrons. The van der Waals surface area contributed by atoms with Gasteiger partial charge in [-0.2, -0.15) is 0 Å². The van der Waals surface area contributed by atoms with Crippen molar-refractivity contribution in [1.82, 2.24) is 5.32 Å². The Morgan fingerprint density at radius 3 is 2.65 bits per heavy atom. The summed E-state index contributed by atoms with van der Waals surface area (Å²) in [6.07, 6.45) is 4.36. The minimum atomic E-state index is -0.579. The third-order valence-corrected chi connectivity index (χ3v) is 4.61. The van der Waals surface area contributed by atoms with E-state index in [2.05, 4.69) is 19.2 Å². The number of carbonyl (C=O) groups is 1. The molecular weight excluding hydrogens is 330 g/mol. The van der Waals surface area contributed by atoms with Gasteiger partial charge in [0.1, 0.15) is 18.5 Å². The average Bonchev–Trinajstić information content (AvgIpc) is 3.11. The number of Topliss-reactive ketones (excluding diaryl/α,β-unsaturated/α-hetero) is 1. The molecule has 1 fully saturated rings. The van der Waals surface area contributed by atoms with Crippen molar-refractivity contribution in [1.29, 1.82) is 0 Å². The first kappa shape index (κ1) is 20.9. The highest BCUT2D eigenvalue weighted by Crippen LogP contribution is 2.26. The van der Waals surface area contributed by atoms with Crippen LogP contribution in [-0.2, 0) is 11.3 Å². The van der Waals surface area contributed by atoms with Crippen molar-refractivity contribution in [2.24, 2.45) is 5.92 Å². The number of aliphatic hydroxyl groups excluding tert-OH is 1. The molecule has 0 heterocycles. The molecule has 0 aromatic heterocycles. The number of nitrogens with one attached hydrogen (secondary N) is 1. The van der Waals surface area contributed by atoms with Gasteiger partial charge in [0.25, 0.3) is 0 Å². The number of rotatable bonds is 11. The standard InChI is InChI=1S/C21H33NO4/c1-15(2)11-22-12-19(24)14-26-21-9-8-17(16(3)23)10-18(21)13-25-20-6-4-5-7-20/h8-10,15,19-20,22,24H,4-7,11-14H2,1-3H3. The number of hydrogen-bond acceptors (Lipinski definition) is 5. The van der Waals surface area contributed by atoms with Crippen LogP contribution in [0.3, 0.4) is 0 Å². The van der Waals surface area contributed by atoms with Crippen molar-refractivity contribution in [3.8, 4) is 5.75 Å². The first-order chi connectivity index (χ1) is 12.5. The summed E-state index contributed by atoms with van der Waals surface area (Å²) in [5.74, 6) is 1.24. The summed E-state index contributed by atoms with van der Waals surface area (Å²) in [4.78, 5) is 11.7. The minimum absolute atomic E-state index is 0.0246. The molecule has 26 heavy (non-hydrogen) atoms. The lowest BCUT2D eigenvalue weighted by Crippen LogP contribution is -2.33. The molecule has 1 aromatic carbocycles. The van der Waals surface area contributed by atoms with E-state index in [-0.39, 0.29) is 12.4 Å². The number of hydrogen-bond donors (Lipinski definition) is 2. The van der Waals surface area contributed by atoms with E-state index < -0.39 is 6.10 Å². The van der Waals surface area contributed by atoms with E-state index in [1.54, 1.807) is 19.1 Å². The average molecular weight is 363 g/mol. The first-order valence-electron chi connectivity index (χ1n) is 9.72. The van der Waals surface area contributed by atoms with E-state index in [0.717, 1.165) is 24.9 Å². The monoisotopic (exact) mass is 363 g/mol. The smallest absolute Gasteiger partial charge is 0.159 e. The molecule has 0 radical (unpaired) electrons. The Bertz CT molecular complexity index is 567. The van der Waals surface area contributed by atoms with Crippen LogP contribution in [0, 0.1) is 5.92 Å². The summed E-state index contributed by atoms with van der Waals surface area (Å²) in [7, 11) is 0. The lowest BCUT2D eigenvalue weighted by Gasteiger charge is -2.18. The van der Waals surface area contributed by atoms with E-state index in [1.165, 1.54) is 12.8 Å². The van der Waals surface area contributed by atoms with Gasteiger partial charge in [-0.15, -0.1) is 0 Å². The summed E-state index contributed by atoms with van der Waals surface area (Å²) in [5, 5.41) is 13.3. The van der Waals surface area contributed by atoms with Gasteiger partial charge >= 0.3 is 0 Å². The molecule has 1 saturated carbocycles. The molecule has 0 spiro atoms. The van der Waals surface area contributed by atoms with Crippen LogP contribution in [0.5, 0.6) is 5.75 Å². The van der Waals surface area contributed by atoms with E-state index in [0.29, 0.717) is 36.5 Å². The van der Waals surface area contributed by atoms with Crippen molar-refractivity contribution in [3.63, 3.8) is 0 Å². The molecule has 2 N–H and O–H groups in total. The third-order valence-electron chi connectivity index (χ3n) is 4.61. The summed E-state index contributed by atoms with van der Waals surface area (Å²) in [5.41, 5.74) is 1.52. The fourth-order valence-electron chi connectivity index (χ4n) is 3.10. The Balaban J connectivity index is 1.93. The van der Waals surface area contributed by atoms with Crippen molar-refractivity contribution < 1.29 is 19.4 Å². The highest BCUT2D eigenvalue weighted by atomic mass is 16.5. The number of ether oxygens (including phenoxy) is 2. The molecular formula is C21H33NO4. The van der Waals surface area contributed by atoms with Crippen LogP contribution in [0.25, 0.3) is 0 Å². The maximum atomic E-state index is 11.7. The molecule has 1 unspecified atom stereocenters. The quantitative estimate of drug-likeness (QED) is 0.590. The lowest BCUT2D eigenvalue weighted by atomic mass is 10.1. The SMILES string of the molecule is CC(=O)c1ccc(OCC(O)CNCC(C)C)c(COC2CCCC2)c1. The number of benzene rings is 1. The Labute approximate surface area is 157 Å². The minimum Gasteiger partial charge on any atom is -0.490 e. The fraction of sp³-hybridized carbons (Fsp3) is 0.667. The molecule has 1 aliphatic carbocycles. The zero-order valence-corrected chi connectivity index (χ0v) is 16.3. The predicted molar refractivity (Wildman–Crippen MR) is 103 cm³/mol. The molecule has 1 atom stereocenters. The molecule has 0 saturated heterocycles. The van der Waals surface area contributed by atoms with E-state index >= 15 is 0 Å². The molecule has 0 amide bonds. The topological polar surface area (TPSA) is 67.8 Å². The largest absolute Gasteiger partial charge is 0.490 e. The Kier molecular flexibility index (Phi) is 8.55. The highest BCUT2D eigenvalue weighted by molar-refractivity contribution is 5.94. The zero-order valence-electron chi connectivity index (χ0n) is 16.3. The normalized spacial score (nSPS) is 16.2. The van der Waals surface area contributed by atoms with Gasteiger partial charge in [-0.25, -0.2) is 0 Å². The van der Waals surface area contributed by atoms with Crippen LogP contribution in [0.4, 0.5) is 0 Å². The zero-order chi connectivity index (χ0) is 18.9. The van der Waals surface area contributed by atoms with E-state index in [1.807, 2.05) is 6.07 Å². The highest BCUT2D eigenvalue weighted by Gasteiger charge is 2.17.